The van der Waals surface area contributed by atoms with Gasteiger partial charge in [0.1, 0.15) is 0 Å². The molecule has 1 aromatic rings. The Hall–Kier alpha value is -1.02. The van der Waals surface area contributed by atoms with Gasteiger partial charge in [-0.25, -0.2) is 0 Å². The van der Waals surface area contributed by atoms with E-state index in [1.807, 2.05) is 6.08 Å². The number of hydrogen-bond acceptors (Lipinski definition) is 1. The molecule has 0 saturated carbocycles. The van der Waals surface area contributed by atoms with Gasteiger partial charge in [0.15, 0.2) is 0 Å². The number of halogens is 1. The van der Waals surface area contributed by atoms with Crippen molar-refractivity contribution >= 4 is 21.6 Å². The van der Waals surface area contributed by atoms with Crippen LogP contribution in [0, 0.1) is 0 Å². The molecule has 0 fully saturated rings. The maximum Gasteiger partial charge on any atom is 0.0485 e. The van der Waals surface area contributed by atoms with Crippen LogP contribution in [0.2, 0.25) is 0 Å². The van der Waals surface area contributed by atoms with Crippen LogP contribution in [0.4, 0.5) is 5.69 Å². The van der Waals surface area contributed by atoms with Gasteiger partial charge in [-0.05, 0) is 18.1 Å². The molecule has 0 aliphatic carbocycles. The maximum absolute atomic E-state index is 3.85. The summed E-state index contributed by atoms with van der Waals surface area (Å²) in [4.78, 5) is 2.18. The summed E-state index contributed by atoms with van der Waals surface area (Å²) in [6, 6.07) is 8.35. The third-order valence-corrected chi connectivity index (χ3v) is 2.43. The van der Waals surface area contributed by atoms with Crippen molar-refractivity contribution in [1.29, 1.82) is 0 Å². The van der Waals surface area contributed by atoms with Gasteiger partial charge in [-0.1, -0.05) is 46.8 Å². The van der Waals surface area contributed by atoms with Crippen molar-refractivity contribution in [3.05, 3.63) is 53.5 Å². The lowest BCUT2D eigenvalue weighted by molar-refractivity contribution is 1.01. The molecule has 1 nitrogen and oxygen atoms in total. The van der Waals surface area contributed by atoms with E-state index in [1.54, 1.807) is 0 Å². The summed E-state index contributed by atoms with van der Waals surface area (Å²) in [5.74, 6) is 0. The average molecular weight is 266 g/mol. The third kappa shape index (κ3) is 3.56. The molecule has 0 aliphatic heterocycles. The first kappa shape index (κ1) is 12.1. The molecular formula is C13H16BrN. The summed E-state index contributed by atoms with van der Waals surface area (Å²) >= 11 is 3.38. The highest BCUT2D eigenvalue weighted by molar-refractivity contribution is 9.11. The van der Waals surface area contributed by atoms with Crippen molar-refractivity contribution in [2.75, 3.05) is 18.5 Å². The Bertz CT molecular complexity index is 357. The van der Waals surface area contributed by atoms with E-state index in [9.17, 15) is 0 Å². The topological polar surface area (TPSA) is 3.24 Å². The molecule has 1 rings (SSSR count). The van der Waals surface area contributed by atoms with Crippen molar-refractivity contribution in [1.82, 2.24) is 0 Å². The van der Waals surface area contributed by atoms with Crippen LogP contribution in [-0.4, -0.2) is 13.6 Å². The van der Waals surface area contributed by atoms with Crippen LogP contribution in [0.15, 0.2) is 48.0 Å². The minimum atomic E-state index is 0.814. The van der Waals surface area contributed by atoms with Gasteiger partial charge >= 0.3 is 0 Å². The fourth-order valence-corrected chi connectivity index (χ4v) is 1.93. The molecule has 0 amide bonds. The van der Waals surface area contributed by atoms with Crippen LogP contribution in [0.25, 0.3) is 0 Å². The van der Waals surface area contributed by atoms with Crippen molar-refractivity contribution in [3.8, 4) is 0 Å². The van der Waals surface area contributed by atoms with Gasteiger partial charge in [0.05, 0.1) is 0 Å². The molecule has 0 bridgehead atoms. The molecule has 80 valence electrons. The molecule has 0 saturated heterocycles. The van der Waals surface area contributed by atoms with Crippen molar-refractivity contribution in [2.45, 2.75) is 6.42 Å². The van der Waals surface area contributed by atoms with E-state index in [0.717, 1.165) is 17.4 Å². The molecule has 0 heterocycles. The Kier molecular flexibility index (Phi) is 4.63. The smallest absolute Gasteiger partial charge is 0.0485 e. The summed E-state index contributed by atoms with van der Waals surface area (Å²) in [7, 11) is 2.06. The Morgan fingerprint density at radius 3 is 2.73 bits per heavy atom. The molecule has 0 unspecified atom stereocenters. The van der Waals surface area contributed by atoms with Gasteiger partial charge in [-0.15, -0.1) is 6.58 Å². The monoisotopic (exact) mass is 265 g/mol. The van der Waals surface area contributed by atoms with Crippen LogP contribution in [0.3, 0.4) is 0 Å². The molecule has 0 spiro atoms. The van der Waals surface area contributed by atoms with Crippen molar-refractivity contribution in [2.24, 2.45) is 0 Å². The van der Waals surface area contributed by atoms with Crippen LogP contribution in [0.5, 0.6) is 0 Å². The Morgan fingerprint density at radius 1 is 1.47 bits per heavy atom. The SMILES string of the molecule is C=CCc1ccccc1N(C)CC(=C)Br. The van der Waals surface area contributed by atoms with Crippen LogP contribution in [0.1, 0.15) is 5.56 Å². The van der Waals surface area contributed by atoms with E-state index in [-0.39, 0.29) is 0 Å². The number of likely N-dealkylation sites (N-methyl/N-ethyl adjacent to an activating group) is 1. The second kappa shape index (κ2) is 5.76. The summed E-state index contributed by atoms with van der Waals surface area (Å²) < 4.78 is 0.985. The number of para-hydroxylation sites is 1. The quantitative estimate of drug-likeness (QED) is 0.733. The summed E-state index contributed by atoms with van der Waals surface area (Å²) in [5, 5.41) is 0. The molecule has 2 heteroatoms. The predicted octanol–water partition coefficient (Wildman–Crippen LogP) is 3.76. The number of nitrogens with zero attached hydrogens (tertiary/aromatic N) is 1. The number of benzene rings is 1. The second-order valence-electron chi connectivity index (χ2n) is 3.49. The van der Waals surface area contributed by atoms with Crippen molar-refractivity contribution < 1.29 is 0 Å². The van der Waals surface area contributed by atoms with Crippen molar-refractivity contribution in [3.63, 3.8) is 0 Å². The number of anilines is 1. The van der Waals surface area contributed by atoms with Crippen LogP contribution >= 0.6 is 15.9 Å². The average Bonchev–Trinajstić information content (AvgIpc) is 2.18. The highest BCUT2D eigenvalue weighted by Crippen LogP contribution is 2.21. The summed E-state index contributed by atoms with van der Waals surface area (Å²) in [6.45, 7) is 8.44. The highest BCUT2D eigenvalue weighted by Gasteiger charge is 2.05. The van der Waals surface area contributed by atoms with E-state index in [2.05, 4.69) is 65.3 Å². The molecule has 1 aromatic carbocycles. The van der Waals surface area contributed by atoms with E-state index in [4.69, 9.17) is 0 Å². The van der Waals surface area contributed by atoms with Gasteiger partial charge in [0.2, 0.25) is 0 Å². The normalized spacial score (nSPS) is 9.73. The second-order valence-corrected chi connectivity index (χ2v) is 4.62. The number of rotatable bonds is 5. The van der Waals surface area contributed by atoms with E-state index in [1.165, 1.54) is 11.3 Å². The first-order valence-electron chi connectivity index (χ1n) is 4.88. The number of allylic oxidation sites excluding steroid dienone is 1. The number of hydrogen-bond donors (Lipinski definition) is 0. The standard InChI is InChI=1S/C13H16BrN/c1-4-7-12-8-5-6-9-13(12)15(3)10-11(2)14/h4-6,8-9H,1-2,7,10H2,3H3. The highest BCUT2D eigenvalue weighted by atomic mass is 79.9. The zero-order chi connectivity index (χ0) is 11.3. The molecule has 0 radical (unpaired) electrons. The lowest BCUT2D eigenvalue weighted by Crippen LogP contribution is -2.19. The zero-order valence-electron chi connectivity index (χ0n) is 9.04. The third-order valence-electron chi connectivity index (χ3n) is 2.18. The fraction of sp³-hybridized carbons (Fsp3) is 0.231. The van der Waals surface area contributed by atoms with Gasteiger partial charge in [-0.2, -0.15) is 0 Å². The summed E-state index contributed by atoms with van der Waals surface area (Å²) in [6.07, 6.45) is 2.82. The van der Waals surface area contributed by atoms with Crippen LogP contribution < -0.4 is 4.90 Å². The van der Waals surface area contributed by atoms with Gasteiger partial charge in [-0.3, -0.25) is 0 Å². The molecule has 0 N–H and O–H groups in total. The molecule has 15 heavy (non-hydrogen) atoms. The van der Waals surface area contributed by atoms with Crippen LogP contribution in [-0.2, 0) is 6.42 Å². The fourth-order valence-electron chi connectivity index (χ4n) is 1.55. The lowest BCUT2D eigenvalue weighted by Gasteiger charge is -2.21. The van der Waals surface area contributed by atoms with Gasteiger partial charge in [0, 0.05) is 23.8 Å². The van der Waals surface area contributed by atoms with Gasteiger partial charge < -0.3 is 4.90 Å². The zero-order valence-corrected chi connectivity index (χ0v) is 10.6. The lowest BCUT2D eigenvalue weighted by atomic mass is 10.1. The molecular weight excluding hydrogens is 250 g/mol. The van der Waals surface area contributed by atoms with Gasteiger partial charge in [0.25, 0.3) is 0 Å². The Labute approximate surface area is 100 Å². The minimum absolute atomic E-state index is 0.814. The van der Waals surface area contributed by atoms with E-state index in [0.29, 0.717) is 0 Å². The van der Waals surface area contributed by atoms with E-state index < -0.39 is 0 Å². The molecule has 0 aliphatic rings. The molecule has 0 atom stereocenters. The molecule has 0 aromatic heterocycles. The largest absolute Gasteiger partial charge is 0.370 e. The maximum atomic E-state index is 3.85. The first-order chi connectivity index (χ1) is 7.15. The Morgan fingerprint density at radius 2 is 2.13 bits per heavy atom. The predicted molar refractivity (Wildman–Crippen MR) is 71.7 cm³/mol. The van der Waals surface area contributed by atoms with E-state index >= 15 is 0 Å². The summed E-state index contributed by atoms with van der Waals surface area (Å²) in [5.41, 5.74) is 2.53. The first-order valence-corrected chi connectivity index (χ1v) is 5.67. The Balaban J connectivity index is 2.90. The minimum Gasteiger partial charge on any atom is -0.370 e.